The van der Waals surface area contributed by atoms with Gasteiger partial charge in [-0.2, -0.15) is 0 Å². The third-order valence-corrected chi connectivity index (χ3v) is 3.71. The Labute approximate surface area is 85.7 Å². The number of aromatic hydroxyl groups is 1. The topological polar surface area (TPSA) is 20.2 Å². The fourth-order valence-electron chi connectivity index (χ4n) is 0.516. The number of phenolic OH excluding ortho intramolecular Hbond substituents is 1. The van der Waals surface area contributed by atoms with Crippen molar-refractivity contribution in [3.05, 3.63) is 25.2 Å². The largest absolute Gasteiger partial charge is 0.507 e. The zero-order chi connectivity index (χ0) is 7.72. The monoisotopic (exact) mass is 332 g/mol. The SMILES string of the molecule is Oc1ccc(Br)c(Cl)c1I. The summed E-state index contributed by atoms with van der Waals surface area (Å²) in [4.78, 5) is 0. The molecule has 1 aromatic rings. The van der Waals surface area contributed by atoms with Gasteiger partial charge in [0.05, 0.1) is 8.59 Å². The van der Waals surface area contributed by atoms with Gasteiger partial charge >= 0.3 is 0 Å². The van der Waals surface area contributed by atoms with Crippen LogP contribution in [0.4, 0.5) is 0 Å². The lowest BCUT2D eigenvalue weighted by Gasteiger charge is -1.99. The summed E-state index contributed by atoms with van der Waals surface area (Å²) < 4.78 is 1.48. The molecule has 0 atom stereocenters. The van der Waals surface area contributed by atoms with E-state index in [4.69, 9.17) is 16.7 Å². The van der Waals surface area contributed by atoms with Crippen molar-refractivity contribution >= 4 is 50.1 Å². The molecule has 0 spiro atoms. The maximum absolute atomic E-state index is 9.11. The number of hydrogen-bond donors (Lipinski definition) is 1. The normalized spacial score (nSPS) is 9.90. The molecule has 10 heavy (non-hydrogen) atoms. The summed E-state index contributed by atoms with van der Waals surface area (Å²) >= 11 is 11.0. The van der Waals surface area contributed by atoms with Gasteiger partial charge in [0.1, 0.15) is 5.75 Å². The van der Waals surface area contributed by atoms with Gasteiger partial charge in [0.2, 0.25) is 0 Å². The zero-order valence-electron chi connectivity index (χ0n) is 4.74. The Morgan fingerprint density at radius 2 is 2.10 bits per heavy atom. The molecule has 0 unspecified atom stereocenters. The Morgan fingerprint density at radius 3 is 2.60 bits per heavy atom. The van der Waals surface area contributed by atoms with E-state index in [1.165, 1.54) is 0 Å². The number of rotatable bonds is 0. The van der Waals surface area contributed by atoms with Gasteiger partial charge in [-0.3, -0.25) is 0 Å². The van der Waals surface area contributed by atoms with E-state index in [0.717, 1.165) is 4.47 Å². The zero-order valence-corrected chi connectivity index (χ0v) is 9.24. The molecule has 54 valence electrons. The molecule has 0 aliphatic rings. The average molecular weight is 333 g/mol. The highest BCUT2D eigenvalue weighted by Crippen LogP contribution is 2.33. The molecular weight excluding hydrogens is 330 g/mol. The Bertz CT molecular complexity index is 237. The maximum atomic E-state index is 9.11. The van der Waals surface area contributed by atoms with Gasteiger partial charge in [0.25, 0.3) is 0 Å². The second-order valence-electron chi connectivity index (χ2n) is 1.69. The van der Waals surface area contributed by atoms with Crippen LogP contribution in [0.25, 0.3) is 0 Å². The van der Waals surface area contributed by atoms with Crippen LogP contribution in [-0.4, -0.2) is 5.11 Å². The first-order valence-electron chi connectivity index (χ1n) is 2.45. The minimum absolute atomic E-state index is 0.216. The van der Waals surface area contributed by atoms with Crippen LogP contribution in [0.2, 0.25) is 5.02 Å². The smallest absolute Gasteiger partial charge is 0.130 e. The van der Waals surface area contributed by atoms with Crippen LogP contribution >= 0.6 is 50.1 Å². The van der Waals surface area contributed by atoms with E-state index in [9.17, 15) is 0 Å². The minimum atomic E-state index is 0.216. The van der Waals surface area contributed by atoms with E-state index in [2.05, 4.69) is 15.9 Å². The number of halogens is 3. The second kappa shape index (κ2) is 3.28. The molecule has 0 bridgehead atoms. The third-order valence-electron chi connectivity index (χ3n) is 1.01. The number of benzene rings is 1. The quantitative estimate of drug-likeness (QED) is 0.570. The first-order chi connectivity index (χ1) is 4.63. The van der Waals surface area contributed by atoms with Gasteiger partial charge in [-0.1, -0.05) is 11.6 Å². The number of phenols is 1. The van der Waals surface area contributed by atoms with Gasteiger partial charge in [-0.05, 0) is 50.7 Å². The van der Waals surface area contributed by atoms with E-state index in [1.807, 2.05) is 22.6 Å². The molecule has 0 fully saturated rings. The molecule has 0 radical (unpaired) electrons. The molecule has 0 amide bonds. The van der Waals surface area contributed by atoms with Crippen molar-refractivity contribution in [2.24, 2.45) is 0 Å². The first kappa shape index (κ1) is 8.62. The predicted octanol–water partition coefficient (Wildman–Crippen LogP) is 3.41. The summed E-state index contributed by atoms with van der Waals surface area (Å²) in [6, 6.07) is 3.30. The highest BCUT2D eigenvalue weighted by atomic mass is 127. The van der Waals surface area contributed by atoms with Crippen molar-refractivity contribution in [2.45, 2.75) is 0 Å². The Hall–Kier alpha value is 0.520. The van der Waals surface area contributed by atoms with E-state index >= 15 is 0 Å². The highest BCUT2D eigenvalue weighted by Gasteiger charge is 2.05. The van der Waals surface area contributed by atoms with E-state index in [0.29, 0.717) is 8.59 Å². The molecule has 0 aliphatic heterocycles. The Balaban J connectivity index is 3.34. The van der Waals surface area contributed by atoms with Gasteiger partial charge < -0.3 is 5.11 Å². The standard InChI is InChI=1S/C6H3BrClIO/c7-3-1-2-4(10)6(9)5(3)8/h1-2,10H. The van der Waals surface area contributed by atoms with Crippen molar-refractivity contribution in [3.8, 4) is 5.75 Å². The highest BCUT2D eigenvalue weighted by molar-refractivity contribution is 14.1. The number of hydrogen-bond acceptors (Lipinski definition) is 1. The maximum Gasteiger partial charge on any atom is 0.130 e. The van der Waals surface area contributed by atoms with E-state index in [-0.39, 0.29) is 5.75 Å². The third kappa shape index (κ3) is 1.57. The summed E-state index contributed by atoms with van der Waals surface area (Å²) in [6.07, 6.45) is 0. The van der Waals surface area contributed by atoms with Gasteiger partial charge in [0.15, 0.2) is 0 Å². The molecule has 1 nitrogen and oxygen atoms in total. The lowest BCUT2D eigenvalue weighted by atomic mass is 10.3. The van der Waals surface area contributed by atoms with Crippen molar-refractivity contribution in [2.75, 3.05) is 0 Å². The Kier molecular flexibility index (Phi) is 2.82. The molecule has 0 saturated heterocycles. The molecule has 4 heteroatoms. The molecule has 0 aliphatic carbocycles. The van der Waals surface area contributed by atoms with Crippen LogP contribution in [0.1, 0.15) is 0 Å². The molecule has 1 N–H and O–H groups in total. The predicted molar refractivity (Wildman–Crippen MR) is 53.5 cm³/mol. The molecular formula is C6H3BrClIO. The first-order valence-corrected chi connectivity index (χ1v) is 4.70. The fourth-order valence-corrected chi connectivity index (χ4v) is 1.85. The van der Waals surface area contributed by atoms with Gasteiger partial charge in [-0.15, -0.1) is 0 Å². The van der Waals surface area contributed by atoms with Crippen molar-refractivity contribution in [1.82, 2.24) is 0 Å². The van der Waals surface area contributed by atoms with Crippen LogP contribution < -0.4 is 0 Å². The van der Waals surface area contributed by atoms with Gasteiger partial charge in [0, 0.05) is 4.47 Å². The molecule has 1 aromatic carbocycles. The van der Waals surface area contributed by atoms with Crippen molar-refractivity contribution in [1.29, 1.82) is 0 Å². The van der Waals surface area contributed by atoms with Crippen LogP contribution in [0.15, 0.2) is 16.6 Å². The molecule has 0 aromatic heterocycles. The van der Waals surface area contributed by atoms with Crippen LogP contribution in [0, 0.1) is 3.57 Å². The fraction of sp³-hybridized carbons (Fsp3) is 0. The van der Waals surface area contributed by atoms with Crippen LogP contribution in [0.3, 0.4) is 0 Å². The minimum Gasteiger partial charge on any atom is -0.507 e. The second-order valence-corrected chi connectivity index (χ2v) is 4.01. The summed E-state index contributed by atoms with van der Waals surface area (Å²) in [5.74, 6) is 0.216. The van der Waals surface area contributed by atoms with E-state index < -0.39 is 0 Å². The van der Waals surface area contributed by atoms with Crippen LogP contribution in [0.5, 0.6) is 5.75 Å². The lowest BCUT2D eigenvalue weighted by Crippen LogP contribution is -1.76. The summed E-state index contributed by atoms with van der Waals surface area (Å²) in [5, 5.41) is 9.67. The molecule has 0 heterocycles. The van der Waals surface area contributed by atoms with E-state index in [1.54, 1.807) is 12.1 Å². The van der Waals surface area contributed by atoms with Crippen LogP contribution in [-0.2, 0) is 0 Å². The summed E-state index contributed by atoms with van der Waals surface area (Å²) in [6.45, 7) is 0. The lowest BCUT2D eigenvalue weighted by molar-refractivity contribution is 0.471. The van der Waals surface area contributed by atoms with Crippen molar-refractivity contribution in [3.63, 3.8) is 0 Å². The molecule has 1 rings (SSSR count). The Morgan fingerprint density at radius 1 is 1.50 bits per heavy atom. The van der Waals surface area contributed by atoms with Gasteiger partial charge in [-0.25, -0.2) is 0 Å². The summed E-state index contributed by atoms with van der Waals surface area (Å²) in [7, 11) is 0. The average Bonchev–Trinajstić information content (AvgIpc) is 1.93. The summed E-state index contributed by atoms with van der Waals surface area (Å²) in [5.41, 5.74) is 0. The van der Waals surface area contributed by atoms with Crippen molar-refractivity contribution < 1.29 is 5.11 Å². The molecule has 0 saturated carbocycles.